The van der Waals surface area contributed by atoms with Gasteiger partial charge in [0, 0.05) is 51.4 Å². The Morgan fingerprint density at radius 1 is 0.821 bits per heavy atom. The molecule has 1 saturated carbocycles. The van der Waals surface area contributed by atoms with Crippen LogP contribution in [0.15, 0.2) is 18.3 Å². The van der Waals surface area contributed by atoms with Crippen molar-refractivity contribution in [1.82, 2.24) is 14.8 Å². The third kappa shape index (κ3) is 4.15. The summed E-state index contributed by atoms with van der Waals surface area (Å²) in [5, 5.41) is 0. The predicted octanol–water partition coefficient (Wildman–Crippen LogP) is 2.94. The molecule has 2 amide bonds. The number of amides is 2. The van der Waals surface area contributed by atoms with Gasteiger partial charge in [-0.3, -0.25) is 9.59 Å². The summed E-state index contributed by atoms with van der Waals surface area (Å²) in [5.41, 5.74) is 0.705. The van der Waals surface area contributed by atoms with Gasteiger partial charge in [0.05, 0.1) is 5.56 Å². The topological polar surface area (TPSA) is 56.8 Å². The summed E-state index contributed by atoms with van der Waals surface area (Å²) < 4.78 is 0. The van der Waals surface area contributed by atoms with Crippen molar-refractivity contribution in [3.05, 3.63) is 23.9 Å². The molecule has 0 N–H and O–H groups in total. The van der Waals surface area contributed by atoms with E-state index in [1.807, 2.05) is 21.9 Å². The van der Waals surface area contributed by atoms with E-state index in [1.165, 1.54) is 25.7 Å². The van der Waals surface area contributed by atoms with E-state index in [0.29, 0.717) is 37.6 Å². The second-order valence-electron chi connectivity index (χ2n) is 8.37. The van der Waals surface area contributed by atoms with Crippen LogP contribution in [0.2, 0.25) is 0 Å². The molecule has 0 spiro atoms. The summed E-state index contributed by atoms with van der Waals surface area (Å²) in [7, 11) is 0. The van der Waals surface area contributed by atoms with Gasteiger partial charge in [-0.2, -0.15) is 0 Å². The Bertz CT molecular complexity index is 688. The fourth-order valence-corrected chi connectivity index (χ4v) is 4.83. The van der Waals surface area contributed by atoms with Crippen molar-refractivity contribution in [2.24, 2.45) is 5.92 Å². The minimum atomic E-state index is 0.0541. The maximum Gasteiger partial charge on any atom is 0.257 e. The van der Waals surface area contributed by atoms with E-state index in [0.717, 1.165) is 44.6 Å². The highest BCUT2D eigenvalue weighted by atomic mass is 16.2. The lowest BCUT2D eigenvalue weighted by Gasteiger charge is -2.37. The van der Waals surface area contributed by atoms with E-state index < -0.39 is 0 Å². The summed E-state index contributed by atoms with van der Waals surface area (Å²) in [5.74, 6) is 1.40. The Balaban J connectivity index is 1.38. The smallest absolute Gasteiger partial charge is 0.257 e. The Morgan fingerprint density at radius 3 is 2.18 bits per heavy atom. The van der Waals surface area contributed by atoms with Crippen LogP contribution in [0.25, 0.3) is 0 Å². The lowest BCUT2D eigenvalue weighted by Crippen LogP contribution is -2.52. The number of hydrogen-bond donors (Lipinski definition) is 0. The number of hydrogen-bond acceptors (Lipinski definition) is 4. The average Bonchev–Trinajstić information content (AvgIpc) is 2.79. The average molecular weight is 385 g/mol. The minimum Gasteiger partial charge on any atom is -0.356 e. The van der Waals surface area contributed by atoms with Gasteiger partial charge in [-0.25, -0.2) is 4.98 Å². The van der Waals surface area contributed by atoms with Gasteiger partial charge in [0.2, 0.25) is 5.91 Å². The molecule has 152 valence electrons. The van der Waals surface area contributed by atoms with Gasteiger partial charge in [0.25, 0.3) is 5.91 Å². The van der Waals surface area contributed by atoms with Gasteiger partial charge in [0.1, 0.15) is 5.82 Å². The summed E-state index contributed by atoms with van der Waals surface area (Å²) in [6, 6.07) is 3.75. The maximum atomic E-state index is 13.2. The summed E-state index contributed by atoms with van der Waals surface area (Å²) >= 11 is 0. The second kappa shape index (κ2) is 8.93. The van der Waals surface area contributed by atoms with Gasteiger partial charge in [-0.05, 0) is 44.2 Å². The molecule has 1 aromatic rings. The van der Waals surface area contributed by atoms with E-state index in [4.69, 9.17) is 0 Å². The van der Waals surface area contributed by atoms with E-state index in [9.17, 15) is 9.59 Å². The number of piperazine rings is 1. The van der Waals surface area contributed by atoms with E-state index in [2.05, 4.69) is 9.88 Å². The molecule has 6 heteroatoms. The normalized spacial score (nSPS) is 21.6. The van der Waals surface area contributed by atoms with Crippen molar-refractivity contribution in [3.63, 3.8) is 0 Å². The molecule has 3 aliphatic rings. The zero-order valence-corrected chi connectivity index (χ0v) is 16.8. The van der Waals surface area contributed by atoms with Crippen LogP contribution in [0.3, 0.4) is 0 Å². The number of aromatic nitrogens is 1. The monoisotopic (exact) mass is 384 g/mol. The number of anilines is 1. The van der Waals surface area contributed by atoms with E-state index >= 15 is 0 Å². The predicted molar refractivity (Wildman–Crippen MR) is 109 cm³/mol. The molecule has 0 radical (unpaired) electrons. The van der Waals surface area contributed by atoms with Crippen molar-refractivity contribution in [1.29, 1.82) is 0 Å². The molecule has 1 aromatic heterocycles. The van der Waals surface area contributed by atoms with Crippen LogP contribution in [0.5, 0.6) is 0 Å². The van der Waals surface area contributed by atoms with Crippen LogP contribution in [-0.4, -0.2) is 65.9 Å². The summed E-state index contributed by atoms with van der Waals surface area (Å²) in [6.07, 6.45) is 11.0. The quantitative estimate of drug-likeness (QED) is 0.804. The van der Waals surface area contributed by atoms with Crippen LogP contribution < -0.4 is 4.90 Å². The third-order valence-electron chi connectivity index (χ3n) is 6.51. The number of carbonyl (C=O) groups excluding carboxylic acids is 2. The molecule has 0 atom stereocenters. The van der Waals surface area contributed by atoms with Crippen LogP contribution >= 0.6 is 0 Å². The number of rotatable bonds is 3. The molecule has 2 saturated heterocycles. The Labute approximate surface area is 167 Å². The highest BCUT2D eigenvalue weighted by Gasteiger charge is 2.31. The Morgan fingerprint density at radius 2 is 1.46 bits per heavy atom. The van der Waals surface area contributed by atoms with Crippen LogP contribution in [0.1, 0.15) is 61.7 Å². The molecule has 0 aromatic carbocycles. The van der Waals surface area contributed by atoms with Gasteiger partial charge in [-0.15, -0.1) is 0 Å². The highest BCUT2D eigenvalue weighted by Crippen LogP contribution is 2.27. The van der Waals surface area contributed by atoms with Crippen molar-refractivity contribution in [3.8, 4) is 0 Å². The zero-order valence-electron chi connectivity index (χ0n) is 16.8. The number of carbonyl (C=O) groups is 2. The Kier molecular flexibility index (Phi) is 6.13. The first-order chi connectivity index (χ1) is 13.7. The number of piperidine rings is 1. The number of pyridine rings is 1. The van der Waals surface area contributed by atoms with Gasteiger partial charge >= 0.3 is 0 Å². The molecular formula is C22H32N4O2. The fourth-order valence-electron chi connectivity index (χ4n) is 4.83. The third-order valence-corrected chi connectivity index (χ3v) is 6.51. The van der Waals surface area contributed by atoms with Crippen LogP contribution in [0.4, 0.5) is 5.82 Å². The molecular weight excluding hydrogens is 352 g/mol. The molecule has 1 aliphatic carbocycles. The van der Waals surface area contributed by atoms with Crippen molar-refractivity contribution in [2.45, 2.75) is 51.4 Å². The van der Waals surface area contributed by atoms with Gasteiger partial charge in [0.15, 0.2) is 0 Å². The van der Waals surface area contributed by atoms with Crippen molar-refractivity contribution < 1.29 is 9.59 Å². The summed E-state index contributed by atoms with van der Waals surface area (Å²) in [6.45, 7) is 4.49. The molecule has 0 bridgehead atoms. The van der Waals surface area contributed by atoms with Crippen LogP contribution in [-0.2, 0) is 4.79 Å². The lowest BCUT2D eigenvalue weighted by atomic mass is 9.88. The molecule has 6 nitrogen and oxygen atoms in total. The molecule has 3 fully saturated rings. The maximum absolute atomic E-state index is 13.2. The van der Waals surface area contributed by atoms with Gasteiger partial charge in [-0.1, -0.05) is 19.3 Å². The molecule has 0 unspecified atom stereocenters. The van der Waals surface area contributed by atoms with E-state index in [1.54, 1.807) is 6.20 Å². The molecule has 3 heterocycles. The SMILES string of the molecule is O=C(c1cccnc1N1CCCCC1)N1CCN(C(=O)C2CCCCC2)CC1. The largest absolute Gasteiger partial charge is 0.356 e. The standard InChI is InChI=1S/C22H32N4O2/c27-21(18-8-3-1-4-9-18)25-14-16-26(17-15-25)22(28)19-10-7-11-23-20(19)24-12-5-2-6-13-24/h7,10-11,18H,1-6,8-9,12-17H2. The Hall–Kier alpha value is -2.11. The minimum absolute atomic E-state index is 0.0541. The van der Waals surface area contributed by atoms with Crippen molar-refractivity contribution >= 4 is 17.6 Å². The molecule has 4 rings (SSSR count). The lowest BCUT2D eigenvalue weighted by molar-refractivity contribution is -0.138. The first-order valence-electron chi connectivity index (χ1n) is 11.0. The first kappa shape index (κ1) is 19.2. The molecule has 28 heavy (non-hydrogen) atoms. The highest BCUT2D eigenvalue weighted by molar-refractivity contribution is 5.99. The first-order valence-corrected chi connectivity index (χ1v) is 11.0. The number of nitrogens with zero attached hydrogens (tertiary/aromatic N) is 4. The zero-order chi connectivity index (χ0) is 19.3. The van der Waals surface area contributed by atoms with Crippen LogP contribution in [0, 0.1) is 5.92 Å². The molecule has 2 aliphatic heterocycles. The second-order valence-corrected chi connectivity index (χ2v) is 8.37. The van der Waals surface area contributed by atoms with Gasteiger partial charge < -0.3 is 14.7 Å². The van der Waals surface area contributed by atoms with E-state index in [-0.39, 0.29) is 11.8 Å². The van der Waals surface area contributed by atoms with Crippen molar-refractivity contribution in [2.75, 3.05) is 44.2 Å². The summed E-state index contributed by atoms with van der Waals surface area (Å²) in [4.78, 5) is 36.6. The fraction of sp³-hybridized carbons (Fsp3) is 0.682.